The first kappa shape index (κ1) is 47.1. The van der Waals surface area contributed by atoms with E-state index in [-0.39, 0.29) is 48.3 Å². The van der Waals surface area contributed by atoms with Gasteiger partial charge in [0.15, 0.2) is 10.8 Å². The number of aromatic nitrogens is 5. The van der Waals surface area contributed by atoms with Crippen LogP contribution < -0.4 is 25.6 Å². The number of amides is 4. The van der Waals surface area contributed by atoms with Gasteiger partial charge in [-0.2, -0.15) is 5.10 Å². The maximum atomic E-state index is 13.6. The molecule has 2 fully saturated rings. The summed E-state index contributed by atoms with van der Waals surface area (Å²) in [4.78, 5) is 81.8. The van der Waals surface area contributed by atoms with E-state index in [1.54, 1.807) is 24.0 Å². The van der Waals surface area contributed by atoms with E-state index in [2.05, 4.69) is 42.8 Å². The van der Waals surface area contributed by atoms with Crippen molar-refractivity contribution in [3.05, 3.63) is 119 Å². The van der Waals surface area contributed by atoms with E-state index in [9.17, 15) is 29.1 Å². The van der Waals surface area contributed by atoms with Crippen molar-refractivity contribution in [2.24, 2.45) is 13.0 Å². The van der Waals surface area contributed by atoms with Gasteiger partial charge in [0.05, 0.1) is 40.5 Å². The van der Waals surface area contributed by atoms with E-state index in [0.29, 0.717) is 77.8 Å². The molecule has 17 nitrogen and oxygen atoms in total. The summed E-state index contributed by atoms with van der Waals surface area (Å²) < 4.78 is 9.02. The summed E-state index contributed by atoms with van der Waals surface area (Å²) in [6.07, 6.45) is 6.73. The van der Waals surface area contributed by atoms with E-state index in [0.717, 1.165) is 75.6 Å². The second-order valence-corrected chi connectivity index (χ2v) is 19.7. The molecule has 0 saturated carbocycles. The van der Waals surface area contributed by atoms with E-state index in [1.165, 1.54) is 11.3 Å². The van der Waals surface area contributed by atoms with Crippen molar-refractivity contribution in [3.63, 3.8) is 0 Å². The number of carboxylic acid groups (broad SMARTS) is 1. The Hall–Kier alpha value is -7.57. The van der Waals surface area contributed by atoms with Gasteiger partial charge in [-0.1, -0.05) is 35.6 Å². The number of anilines is 3. The van der Waals surface area contributed by atoms with Gasteiger partial charge >= 0.3 is 5.97 Å². The number of nitrogens with one attached hydrogen (secondary N) is 3. The number of aromatic carboxylic acids is 1. The Bertz CT molecular complexity index is 3210. The summed E-state index contributed by atoms with van der Waals surface area (Å²) in [7, 11) is 1.80. The monoisotopic (exact) mass is 974 g/mol. The minimum absolute atomic E-state index is 0.0697. The van der Waals surface area contributed by atoms with Gasteiger partial charge < -0.3 is 20.1 Å². The number of thiazole rings is 1. The number of rotatable bonds is 14. The Morgan fingerprint density at radius 3 is 2.61 bits per heavy atom. The molecule has 0 spiro atoms. The zero-order valence-corrected chi connectivity index (χ0v) is 40.6. The van der Waals surface area contributed by atoms with Gasteiger partial charge in [-0.3, -0.25) is 44.4 Å². The number of carboxylic acids is 1. The lowest BCUT2D eigenvalue weighted by atomic mass is 9.88. The van der Waals surface area contributed by atoms with Crippen LogP contribution in [0.5, 0.6) is 5.75 Å². The number of nitrogens with zero attached hydrogens (tertiary/aromatic N) is 7. The average molecular weight is 975 g/mol. The normalized spacial score (nSPS) is 18.3. The van der Waals surface area contributed by atoms with Crippen LogP contribution in [-0.4, -0.2) is 96.6 Å². The number of para-hydroxylation sites is 1. The van der Waals surface area contributed by atoms with Crippen LogP contribution in [0.3, 0.4) is 0 Å². The van der Waals surface area contributed by atoms with E-state index < -0.39 is 11.9 Å². The number of likely N-dealkylation sites (tertiary alicyclic amines) is 1. The number of ether oxygens (including phenoxy) is 1. The van der Waals surface area contributed by atoms with Gasteiger partial charge in [-0.25, -0.2) is 14.8 Å². The van der Waals surface area contributed by atoms with Crippen LogP contribution in [0.4, 0.5) is 16.6 Å². The molecule has 3 aliphatic rings. The highest BCUT2D eigenvalue weighted by atomic mass is 32.1. The zero-order chi connectivity index (χ0) is 49.3. The largest absolute Gasteiger partial charge is 0.493 e. The molecule has 7 aromatic rings. The molecule has 10 rings (SSSR count). The summed E-state index contributed by atoms with van der Waals surface area (Å²) in [5.41, 5.74) is 6.93. The molecule has 2 saturated heterocycles. The molecule has 7 heterocycles. The van der Waals surface area contributed by atoms with Crippen molar-refractivity contribution < 1.29 is 33.8 Å². The molecule has 18 heteroatoms. The second-order valence-electron chi connectivity index (χ2n) is 18.7. The van der Waals surface area contributed by atoms with Crippen LogP contribution in [0.2, 0.25) is 0 Å². The average Bonchev–Trinajstić information content (AvgIpc) is 3.92. The molecule has 3 aromatic carbocycles. The van der Waals surface area contributed by atoms with Crippen molar-refractivity contribution in [2.45, 2.75) is 77.3 Å². The fraction of sp³-hybridized carbons (Fsp3) is 0.340. The third-order valence-corrected chi connectivity index (χ3v) is 15.0. The topological polar surface area (TPSA) is 214 Å². The lowest BCUT2D eigenvalue weighted by Gasteiger charge is -2.37. The predicted octanol–water partition coefficient (Wildman–Crippen LogP) is 7.88. The van der Waals surface area contributed by atoms with Gasteiger partial charge in [-0.15, -0.1) is 0 Å². The van der Waals surface area contributed by atoms with Gasteiger partial charge in [-0.05, 0) is 136 Å². The van der Waals surface area contributed by atoms with Gasteiger partial charge in [0.1, 0.15) is 17.3 Å². The smallest absolute Gasteiger partial charge is 0.355 e. The number of benzene rings is 3. The molecular formula is C53H54N10O7S. The van der Waals surface area contributed by atoms with Gasteiger partial charge in [0.25, 0.3) is 5.91 Å². The second kappa shape index (κ2) is 20.0. The molecule has 4 aromatic heterocycles. The van der Waals surface area contributed by atoms with E-state index in [1.807, 2.05) is 84.6 Å². The van der Waals surface area contributed by atoms with Crippen molar-refractivity contribution in [1.82, 2.24) is 34.9 Å². The lowest BCUT2D eigenvalue weighted by Crippen LogP contribution is -2.44. The Balaban J connectivity index is 0.718. The fourth-order valence-electron chi connectivity index (χ4n) is 10.3. The molecule has 0 bridgehead atoms. The highest BCUT2D eigenvalue weighted by Gasteiger charge is 2.33. The number of pyridine rings is 2. The van der Waals surface area contributed by atoms with Crippen molar-refractivity contribution in [3.8, 4) is 16.9 Å². The molecular weight excluding hydrogens is 921 g/mol. The lowest BCUT2D eigenvalue weighted by molar-refractivity contribution is -0.134. The number of fused-ring (bicyclic) bond motifs is 3. The Morgan fingerprint density at radius 1 is 0.930 bits per heavy atom. The highest BCUT2D eigenvalue weighted by Crippen LogP contribution is 2.36. The first-order valence-electron chi connectivity index (χ1n) is 24.1. The van der Waals surface area contributed by atoms with E-state index >= 15 is 0 Å². The SMILES string of the molecule is Cc1c(OCCC[C@@H]2CCN(CC(=O)Nc3ccc4c(C5CCC(=O)NC5=O)nn(C)c4c3)[C@H](C)C2)cccc1-c1ccc(N2CCc3ccnc(C(=O)Nc4nc5ccccc5s4)c3C2)nc1C(=O)O. The summed E-state index contributed by atoms with van der Waals surface area (Å²) >= 11 is 1.40. The summed E-state index contributed by atoms with van der Waals surface area (Å²) in [6.45, 7) is 6.61. The fourth-order valence-corrected chi connectivity index (χ4v) is 11.2. The minimum Gasteiger partial charge on any atom is -0.493 e. The number of hydrogen-bond donors (Lipinski definition) is 4. The number of piperidine rings is 2. The van der Waals surface area contributed by atoms with Gasteiger partial charge in [0, 0.05) is 61.0 Å². The third kappa shape index (κ3) is 9.94. The third-order valence-electron chi connectivity index (χ3n) is 14.1. The molecule has 364 valence electrons. The van der Waals surface area contributed by atoms with Crippen LogP contribution in [0, 0.1) is 12.8 Å². The summed E-state index contributed by atoms with van der Waals surface area (Å²) in [6, 6.07) is 24.7. The molecule has 3 atom stereocenters. The van der Waals surface area contributed by atoms with Crippen molar-refractivity contribution in [2.75, 3.05) is 41.8 Å². The number of aryl methyl sites for hydroxylation is 1. The van der Waals surface area contributed by atoms with E-state index in [4.69, 9.17) is 9.72 Å². The number of carbonyl (C=O) groups excluding carboxylic acids is 4. The molecule has 4 amide bonds. The summed E-state index contributed by atoms with van der Waals surface area (Å²) in [5, 5.41) is 24.8. The van der Waals surface area contributed by atoms with Crippen LogP contribution in [-0.2, 0) is 34.4 Å². The first-order valence-corrected chi connectivity index (χ1v) is 24.9. The number of imide groups is 1. The maximum absolute atomic E-state index is 13.6. The Morgan fingerprint density at radius 2 is 1.79 bits per heavy atom. The van der Waals surface area contributed by atoms with Crippen LogP contribution in [0.15, 0.2) is 85.1 Å². The quantitative estimate of drug-likeness (QED) is 0.0604. The molecule has 4 N–H and O–H groups in total. The standard InChI is InChI=1S/C53H54N10O7S/c1-30-26-32(20-23-62(30)29-46(65)55-34-13-14-37-41(27-34)61(3)60-47(37)38-16-18-45(64)58-50(38)66)8-7-25-70-42-11-6-9-35(31(42)2)36-15-17-44(57-49(36)52(68)69)63-24-21-33-19-22-54-48(39(33)28-63)51(67)59-53-56-40-10-4-5-12-43(40)71-53/h4-6,9-15,17,19,22,27,30,32,38H,7-8,16,18,20-21,23-26,28-29H2,1-3H3,(H,55,65)(H,68,69)(H,56,59,67)(H,58,64,66)/t30-,32-,38?/m1/s1. The highest BCUT2D eigenvalue weighted by molar-refractivity contribution is 7.22. The minimum atomic E-state index is -1.14. The molecule has 3 aliphatic heterocycles. The Kier molecular flexibility index (Phi) is 13.3. The molecule has 1 unspecified atom stereocenters. The first-order chi connectivity index (χ1) is 34.4. The Labute approximate surface area is 413 Å². The van der Waals surface area contributed by atoms with Crippen molar-refractivity contribution >= 4 is 78.7 Å². The zero-order valence-electron chi connectivity index (χ0n) is 39.7. The molecule has 0 aliphatic carbocycles. The molecule has 71 heavy (non-hydrogen) atoms. The molecule has 0 radical (unpaired) electrons. The van der Waals surface area contributed by atoms with Crippen molar-refractivity contribution in [1.29, 1.82) is 0 Å². The number of carbonyl (C=O) groups is 5. The van der Waals surface area contributed by atoms with Crippen LogP contribution in [0.25, 0.3) is 32.2 Å². The maximum Gasteiger partial charge on any atom is 0.355 e. The van der Waals surface area contributed by atoms with Crippen LogP contribution >= 0.6 is 11.3 Å². The predicted molar refractivity (Wildman–Crippen MR) is 271 cm³/mol. The number of hydrogen-bond acceptors (Lipinski definition) is 13. The van der Waals surface area contributed by atoms with Crippen LogP contribution in [0.1, 0.15) is 94.7 Å². The van der Waals surface area contributed by atoms with Gasteiger partial charge in [0.2, 0.25) is 17.7 Å². The summed E-state index contributed by atoms with van der Waals surface area (Å²) in [5.74, 6) is -1.02.